The molecule has 106 valence electrons. The molecule has 4 heteroatoms. The molecule has 1 saturated heterocycles. The van der Waals surface area contributed by atoms with E-state index in [1.54, 1.807) is 7.05 Å². The van der Waals surface area contributed by atoms with Gasteiger partial charge in [-0.15, -0.1) is 0 Å². The Balaban J connectivity index is 1.86. The van der Waals surface area contributed by atoms with Gasteiger partial charge in [0.15, 0.2) is 0 Å². The highest BCUT2D eigenvalue weighted by atomic mass is 32.2. The third-order valence-corrected chi connectivity index (χ3v) is 6.25. The van der Waals surface area contributed by atoms with Crippen molar-refractivity contribution in [2.75, 3.05) is 7.05 Å². The van der Waals surface area contributed by atoms with Crippen molar-refractivity contribution in [2.45, 2.75) is 36.2 Å². The summed E-state index contributed by atoms with van der Waals surface area (Å²) in [5.41, 5.74) is 3.13. The van der Waals surface area contributed by atoms with Crippen LogP contribution in [0.25, 0.3) is 5.57 Å². The molecule has 1 N–H and O–H groups in total. The number of fused-ring (bicyclic) bond motifs is 2. The minimum atomic E-state index is -0.684. The number of carbonyl (C=O) groups excluding carboxylic acids is 1. The van der Waals surface area contributed by atoms with Gasteiger partial charge >= 0.3 is 0 Å². The summed E-state index contributed by atoms with van der Waals surface area (Å²) in [6.45, 7) is 0. The molecule has 0 spiro atoms. The van der Waals surface area contributed by atoms with Crippen molar-refractivity contribution in [1.29, 1.82) is 0 Å². The van der Waals surface area contributed by atoms with E-state index in [0.29, 0.717) is 10.8 Å². The van der Waals surface area contributed by atoms with Crippen LogP contribution < -0.4 is 5.32 Å². The van der Waals surface area contributed by atoms with Crippen LogP contribution in [0, 0.1) is 0 Å². The van der Waals surface area contributed by atoms with Gasteiger partial charge in [-0.3, -0.25) is 9.00 Å². The quantitative estimate of drug-likeness (QED) is 0.909. The lowest BCUT2D eigenvalue weighted by atomic mass is 9.93. The van der Waals surface area contributed by atoms with Crippen LogP contribution >= 0.6 is 0 Å². The molecule has 1 aromatic rings. The summed E-state index contributed by atoms with van der Waals surface area (Å²) in [6, 6.07) is 7.72. The predicted octanol–water partition coefficient (Wildman–Crippen LogP) is 2.50. The fraction of sp³-hybridized carbons (Fsp3) is 0.438. The molecule has 3 atom stereocenters. The molecule has 0 aromatic heterocycles. The first kappa shape index (κ1) is 13.6. The van der Waals surface area contributed by atoms with Crippen LogP contribution in [-0.2, 0) is 10.8 Å². The lowest BCUT2D eigenvalue weighted by Crippen LogP contribution is -2.33. The number of allylic oxidation sites excluding steroid dienone is 1. The van der Waals surface area contributed by atoms with E-state index < -0.39 is 10.8 Å². The Labute approximate surface area is 121 Å². The van der Waals surface area contributed by atoms with E-state index in [4.69, 9.17) is 0 Å². The maximum atomic E-state index is 12.2. The molecule has 3 unspecified atom stereocenters. The zero-order valence-corrected chi connectivity index (χ0v) is 12.4. The van der Waals surface area contributed by atoms with Crippen LogP contribution in [-0.4, -0.2) is 27.7 Å². The first-order valence-corrected chi connectivity index (χ1v) is 8.39. The highest BCUT2D eigenvalue weighted by Gasteiger charge is 2.33. The lowest BCUT2D eigenvalue weighted by Gasteiger charge is -2.32. The number of carbonyl (C=O) groups is 1. The largest absolute Gasteiger partial charge is 0.355 e. The van der Waals surface area contributed by atoms with Gasteiger partial charge in [-0.1, -0.05) is 24.6 Å². The summed E-state index contributed by atoms with van der Waals surface area (Å²) < 4.78 is 12.2. The summed E-state index contributed by atoms with van der Waals surface area (Å²) in [5.74, 6) is -0.0628. The van der Waals surface area contributed by atoms with Crippen LogP contribution in [0.15, 0.2) is 30.3 Å². The second kappa shape index (κ2) is 5.52. The van der Waals surface area contributed by atoms with E-state index >= 15 is 0 Å². The SMILES string of the molecule is CNC(=O)c1ccc(C2=CC3CCCC(C2)S3=O)cc1. The molecule has 1 amide bonds. The summed E-state index contributed by atoms with van der Waals surface area (Å²) in [6.07, 6.45) is 6.42. The van der Waals surface area contributed by atoms with Crippen LogP contribution in [0.5, 0.6) is 0 Å². The molecule has 2 aliphatic rings. The molecule has 2 heterocycles. The molecule has 3 rings (SSSR count). The first-order chi connectivity index (χ1) is 9.69. The number of nitrogens with one attached hydrogen (secondary N) is 1. The zero-order valence-electron chi connectivity index (χ0n) is 11.6. The molecule has 3 nitrogen and oxygen atoms in total. The third-order valence-electron chi connectivity index (χ3n) is 4.22. The second-order valence-electron chi connectivity index (χ2n) is 5.47. The fourth-order valence-corrected chi connectivity index (χ4v) is 5.03. The standard InChI is InChI=1S/C16H19NO2S/c1-17-16(18)12-7-5-11(6-8-12)13-9-14-3-2-4-15(10-13)20(14)19/h5-9,14-15H,2-4,10H2,1H3,(H,17,18). The van der Waals surface area contributed by atoms with E-state index in [2.05, 4.69) is 11.4 Å². The van der Waals surface area contributed by atoms with Crippen LogP contribution in [0.4, 0.5) is 0 Å². The van der Waals surface area contributed by atoms with Crippen molar-refractivity contribution in [3.8, 4) is 0 Å². The van der Waals surface area contributed by atoms with Crippen molar-refractivity contribution >= 4 is 22.3 Å². The van der Waals surface area contributed by atoms with Gasteiger partial charge in [0, 0.05) is 28.7 Å². The van der Waals surface area contributed by atoms with Crippen molar-refractivity contribution in [1.82, 2.24) is 5.32 Å². The average Bonchev–Trinajstić information content (AvgIpc) is 2.46. The maximum absolute atomic E-state index is 12.2. The van der Waals surface area contributed by atoms with Gasteiger partial charge in [0.05, 0.1) is 5.25 Å². The minimum Gasteiger partial charge on any atom is -0.355 e. The number of rotatable bonds is 2. The number of amides is 1. The van der Waals surface area contributed by atoms with Gasteiger partial charge in [0.1, 0.15) is 0 Å². The molecule has 0 saturated carbocycles. The Morgan fingerprint density at radius 3 is 2.65 bits per heavy atom. The Bertz CT molecular complexity index is 577. The lowest BCUT2D eigenvalue weighted by molar-refractivity contribution is 0.0963. The van der Waals surface area contributed by atoms with E-state index in [1.807, 2.05) is 24.3 Å². The Morgan fingerprint density at radius 1 is 1.25 bits per heavy atom. The van der Waals surface area contributed by atoms with Gasteiger partial charge < -0.3 is 5.32 Å². The average molecular weight is 289 g/mol. The summed E-state index contributed by atoms with van der Waals surface area (Å²) in [5, 5.41) is 3.18. The van der Waals surface area contributed by atoms with Gasteiger partial charge in [-0.05, 0) is 42.5 Å². The maximum Gasteiger partial charge on any atom is 0.251 e. The Morgan fingerprint density at radius 2 is 2.00 bits per heavy atom. The van der Waals surface area contributed by atoms with E-state index in [1.165, 1.54) is 12.0 Å². The number of hydrogen-bond donors (Lipinski definition) is 1. The number of hydrogen-bond acceptors (Lipinski definition) is 2. The highest BCUT2D eigenvalue weighted by molar-refractivity contribution is 7.86. The van der Waals surface area contributed by atoms with Crippen LogP contribution in [0.3, 0.4) is 0 Å². The third kappa shape index (κ3) is 2.44. The molecular weight excluding hydrogens is 270 g/mol. The van der Waals surface area contributed by atoms with Crippen molar-refractivity contribution in [3.05, 3.63) is 41.5 Å². The molecule has 1 aromatic carbocycles. The topological polar surface area (TPSA) is 46.2 Å². The molecular formula is C16H19NO2S. The molecule has 2 bridgehead atoms. The van der Waals surface area contributed by atoms with Crippen molar-refractivity contribution in [2.24, 2.45) is 0 Å². The highest BCUT2D eigenvalue weighted by Crippen LogP contribution is 2.36. The normalized spacial score (nSPS) is 28.6. The molecule has 0 radical (unpaired) electrons. The number of benzene rings is 1. The molecule has 20 heavy (non-hydrogen) atoms. The fourth-order valence-electron chi connectivity index (χ4n) is 3.09. The van der Waals surface area contributed by atoms with Crippen molar-refractivity contribution in [3.63, 3.8) is 0 Å². The monoisotopic (exact) mass is 289 g/mol. The van der Waals surface area contributed by atoms with Gasteiger partial charge in [-0.25, -0.2) is 0 Å². The van der Waals surface area contributed by atoms with Crippen LogP contribution in [0.2, 0.25) is 0 Å². The summed E-state index contributed by atoms with van der Waals surface area (Å²) in [4.78, 5) is 11.5. The minimum absolute atomic E-state index is 0.0628. The van der Waals surface area contributed by atoms with Gasteiger partial charge in [0.25, 0.3) is 5.91 Å². The van der Waals surface area contributed by atoms with E-state index in [9.17, 15) is 9.00 Å². The molecule has 2 aliphatic heterocycles. The second-order valence-corrected chi connectivity index (χ2v) is 7.40. The van der Waals surface area contributed by atoms with Crippen LogP contribution in [0.1, 0.15) is 41.6 Å². The predicted molar refractivity (Wildman–Crippen MR) is 82.0 cm³/mol. The summed E-state index contributed by atoms with van der Waals surface area (Å²) >= 11 is 0. The Hall–Kier alpha value is -1.42. The van der Waals surface area contributed by atoms with E-state index in [-0.39, 0.29) is 11.2 Å². The Kier molecular flexibility index (Phi) is 3.74. The summed E-state index contributed by atoms with van der Waals surface area (Å²) in [7, 11) is 0.951. The van der Waals surface area contributed by atoms with Gasteiger partial charge in [0.2, 0.25) is 0 Å². The first-order valence-electron chi connectivity index (χ1n) is 7.11. The van der Waals surface area contributed by atoms with Crippen molar-refractivity contribution < 1.29 is 9.00 Å². The van der Waals surface area contributed by atoms with Gasteiger partial charge in [-0.2, -0.15) is 0 Å². The zero-order chi connectivity index (χ0) is 14.1. The molecule has 0 aliphatic carbocycles. The smallest absolute Gasteiger partial charge is 0.251 e. The molecule has 1 fully saturated rings. The van der Waals surface area contributed by atoms with E-state index in [0.717, 1.165) is 24.8 Å².